The molecule has 32 heavy (non-hydrogen) atoms. The molecule has 1 aliphatic heterocycles. The average molecular weight is 614 g/mol. The van der Waals surface area contributed by atoms with Crippen molar-refractivity contribution in [1.82, 2.24) is 0 Å². The second-order valence-electron chi connectivity index (χ2n) is 6.72. The highest BCUT2D eigenvalue weighted by molar-refractivity contribution is 9.10. The highest BCUT2D eigenvalue weighted by atomic mass is 79.9. The van der Waals surface area contributed by atoms with Gasteiger partial charge in [-0.1, -0.05) is 53.8 Å². The molecule has 4 rings (SSSR count). The van der Waals surface area contributed by atoms with Crippen molar-refractivity contribution in [1.29, 1.82) is 0 Å². The normalized spacial score (nSPS) is 15.0. The predicted octanol–water partition coefficient (Wildman–Crippen LogP) is 7.99. The van der Waals surface area contributed by atoms with Gasteiger partial charge >= 0.3 is 0 Å². The molecule has 0 spiro atoms. The van der Waals surface area contributed by atoms with Gasteiger partial charge in [0.05, 0.1) is 20.1 Å². The number of carbonyl (C=O) groups is 1. The molecule has 1 aliphatic rings. The van der Waals surface area contributed by atoms with E-state index in [9.17, 15) is 9.18 Å². The van der Waals surface area contributed by atoms with Crippen molar-refractivity contribution in [2.24, 2.45) is 0 Å². The van der Waals surface area contributed by atoms with Crippen LogP contribution in [0, 0.1) is 5.82 Å². The Morgan fingerprint density at radius 3 is 2.50 bits per heavy atom. The number of hydrogen-bond acceptors (Lipinski definition) is 4. The molecule has 3 aromatic carbocycles. The number of thiocarbonyl (C=S) groups is 1. The summed E-state index contributed by atoms with van der Waals surface area (Å²) in [6.07, 6.45) is 1.79. The SMILES string of the molecule is O=C1/C(=C/c2ccc(OCc3ccc(F)cc3)c(Br)c2)SC(=S)N1c1ccc(Br)c(Cl)c1. The first-order valence-corrected chi connectivity index (χ1v) is 12.4. The van der Waals surface area contributed by atoms with E-state index in [1.165, 1.54) is 28.8 Å². The molecule has 0 aromatic heterocycles. The van der Waals surface area contributed by atoms with Crippen LogP contribution in [0.25, 0.3) is 6.08 Å². The van der Waals surface area contributed by atoms with Crippen LogP contribution in [0.5, 0.6) is 5.75 Å². The molecule has 0 unspecified atom stereocenters. The number of nitrogens with zero attached hydrogens (tertiary/aromatic N) is 1. The molecule has 0 bridgehead atoms. The van der Waals surface area contributed by atoms with E-state index in [0.29, 0.717) is 32.3 Å². The number of halogens is 4. The van der Waals surface area contributed by atoms with Gasteiger partial charge in [-0.25, -0.2) is 4.39 Å². The molecule has 1 heterocycles. The van der Waals surface area contributed by atoms with Crippen LogP contribution in [0.4, 0.5) is 10.1 Å². The lowest BCUT2D eigenvalue weighted by Crippen LogP contribution is -2.27. The monoisotopic (exact) mass is 611 g/mol. The van der Waals surface area contributed by atoms with Gasteiger partial charge in [-0.05, 0) is 91.5 Å². The van der Waals surface area contributed by atoms with E-state index in [-0.39, 0.29) is 11.7 Å². The standard InChI is InChI=1S/C23H13Br2ClFNO2S2/c24-17-7-6-16(11-19(17)26)28-22(29)21(32-23(28)31)10-14-3-8-20(18(25)9-14)30-12-13-1-4-15(27)5-2-13/h1-11H,12H2/b21-10-. The van der Waals surface area contributed by atoms with Crippen LogP contribution in [0.1, 0.15) is 11.1 Å². The summed E-state index contributed by atoms with van der Waals surface area (Å²) >= 11 is 19.7. The third-order valence-electron chi connectivity index (χ3n) is 4.52. The third kappa shape index (κ3) is 5.26. The van der Waals surface area contributed by atoms with E-state index in [4.69, 9.17) is 28.6 Å². The van der Waals surface area contributed by atoms with Crippen LogP contribution in [0.2, 0.25) is 5.02 Å². The molecule has 9 heteroatoms. The molecular formula is C23H13Br2ClFNO2S2. The number of rotatable bonds is 5. The lowest BCUT2D eigenvalue weighted by atomic mass is 10.2. The van der Waals surface area contributed by atoms with E-state index in [1.807, 2.05) is 18.2 Å². The summed E-state index contributed by atoms with van der Waals surface area (Å²) in [6.45, 7) is 0.312. The maximum Gasteiger partial charge on any atom is 0.270 e. The predicted molar refractivity (Wildman–Crippen MR) is 140 cm³/mol. The molecule has 0 saturated carbocycles. The first-order chi connectivity index (χ1) is 15.3. The fourth-order valence-corrected chi connectivity index (χ4v) is 5.16. The van der Waals surface area contributed by atoms with Crippen molar-refractivity contribution in [2.75, 3.05) is 4.90 Å². The largest absolute Gasteiger partial charge is 0.488 e. The van der Waals surface area contributed by atoms with E-state index in [1.54, 1.807) is 36.4 Å². The minimum Gasteiger partial charge on any atom is -0.488 e. The lowest BCUT2D eigenvalue weighted by molar-refractivity contribution is -0.113. The van der Waals surface area contributed by atoms with Crippen LogP contribution >= 0.6 is 67.4 Å². The molecule has 3 aromatic rings. The highest BCUT2D eigenvalue weighted by Gasteiger charge is 2.33. The molecule has 162 valence electrons. The third-order valence-corrected chi connectivity index (χ3v) is 7.67. The number of amides is 1. The summed E-state index contributed by atoms with van der Waals surface area (Å²) in [6, 6.07) is 16.9. The molecule has 3 nitrogen and oxygen atoms in total. The smallest absolute Gasteiger partial charge is 0.270 e. The Hall–Kier alpha value is -1.71. The fraction of sp³-hybridized carbons (Fsp3) is 0.0435. The summed E-state index contributed by atoms with van der Waals surface area (Å²) in [5.41, 5.74) is 2.30. The van der Waals surface area contributed by atoms with Crippen molar-refractivity contribution in [3.8, 4) is 5.75 Å². The Labute approximate surface area is 215 Å². The number of anilines is 1. The topological polar surface area (TPSA) is 29.5 Å². The number of hydrogen-bond donors (Lipinski definition) is 0. The van der Waals surface area contributed by atoms with E-state index < -0.39 is 0 Å². The maximum absolute atomic E-state index is 13.0. The molecule has 0 atom stereocenters. The van der Waals surface area contributed by atoms with Crippen LogP contribution < -0.4 is 9.64 Å². The van der Waals surface area contributed by atoms with Gasteiger partial charge in [0.15, 0.2) is 4.32 Å². The minimum absolute atomic E-state index is 0.203. The molecule has 0 aliphatic carbocycles. The number of thioether (sulfide) groups is 1. The van der Waals surface area contributed by atoms with E-state index in [0.717, 1.165) is 20.1 Å². The van der Waals surface area contributed by atoms with Crippen LogP contribution in [0.3, 0.4) is 0 Å². The number of carbonyl (C=O) groups excluding carboxylic acids is 1. The molecule has 1 saturated heterocycles. The van der Waals surface area contributed by atoms with Gasteiger partial charge in [0.1, 0.15) is 18.2 Å². The minimum atomic E-state index is -0.284. The highest BCUT2D eigenvalue weighted by Crippen LogP contribution is 2.38. The summed E-state index contributed by atoms with van der Waals surface area (Å²) in [5.74, 6) is 0.155. The van der Waals surface area contributed by atoms with Gasteiger partial charge in [-0.3, -0.25) is 9.69 Å². The molecule has 0 N–H and O–H groups in total. The lowest BCUT2D eigenvalue weighted by Gasteiger charge is -2.15. The van der Waals surface area contributed by atoms with Gasteiger partial charge in [0, 0.05) is 4.47 Å². The zero-order valence-corrected chi connectivity index (χ0v) is 21.7. The Bertz CT molecular complexity index is 1250. The molecule has 1 amide bonds. The molecule has 1 fully saturated rings. The van der Waals surface area contributed by atoms with Crippen molar-refractivity contribution in [3.63, 3.8) is 0 Å². The van der Waals surface area contributed by atoms with Crippen molar-refractivity contribution in [2.45, 2.75) is 6.61 Å². The van der Waals surface area contributed by atoms with Crippen molar-refractivity contribution in [3.05, 3.63) is 96.5 Å². The summed E-state index contributed by atoms with van der Waals surface area (Å²) in [5, 5.41) is 0.501. The number of ether oxygens (including phenoxy) is 1. The van der Waals surface area contributed by atoms with Gasteiger partial charge < -0.3 is 4.74 Å². The van der Waals surface area contributed by atoms with Crippen LogP contribution in [-0.4, -0.2) is 10.2 Å². The van der Waals surface area contributed by atoms with Crippen molar-refractivity contribution < 1.29 is 13.9 Å². The van der Waals surface area contributed by atoms with Crippen LogP contribution in [0.15, 0.2) is 74.5 Å². The molecule has 0 radical (unpaired) electrons. The Morgan fingerprint density at radius 1 is 1.06 bits per heavy atom. The summed E-state index contributed by atoms with van der Waals surface area (Å²) in [4.78, 5) is 15.0. The Morgan fingerprint density at radius 2 is 1.81 bits per heavy atom. The number of benzene rings is 3. The summed E-state index contributed by atoms with van der Waals surface area (Å²) in [7, 11) is 0. The van der Waals surface area contributed by atoms with Gasteiger partial charge in [-0.2, -0.15) is 0 Å². The van der Waals surface area contributed by atoms with Crippen LogP contribution in [-0.2, 0) is 11.4 Å². The van der Waals surface area contributed by atoms with E-state index >= 15 is 0 Å². The zero-order valence-electron chi connectivity index (χ0n) is 16.2. The second-order valence-corrected chi connectivity index (χ2v) is 10.5. The molecular weight excluding hydrogens is 601 g/mol. The second kappa shape index (κ2) is 10.1. The first-order valence-electron chi connectivity index (χ1n) is 9.21. The van der Waals surface area contributed by atoms with Crippen molar-refractivity contribution >= 4 is 89.4 Å². The Balaban J connectivity index is 1.50. The van der Waals surface area contributed by atoms with Gasteiger partial charge in [-0.15, -0.1) is 0 Å². The average Bonchev–Trinajstić information content (AvgIpc) is 3.03. The zero-order chi connectivity index (χ0) is 22.8. The fourth-order valence-electron chi connectivity index (χ4n) is 2.93. The van der Waals surface area contributed by atoms with Gasteiger partial charge in [0.25, 0.3) is 5.91 Å². The van der Waals surface area contributed by atoms with E-state index in [2.05, 4.69) is 31.9 Å². The maximum atomic E-state index is 13.0. The van der Waals surface area contributed by atoms with Gasteiger partial charge in [0.2, 0.25) is 0 Å². The summed E-state index contributed by atoms with van der Waals surface area (Å²) < 4.78 is 20.8. The quantitative estimate of drug-likeness (QED) is 0.216. The Kier molecular flexibility index (Phi) is 7.37. The first kappa shape index (κ1) is 23.4.